The summed E-state index contributed by atoms with van der Waals surface area (Å²) in [5.41, 5.74) is 1.72. The smallest absolute Gasteiger partial charge is 0.0716 e. The minimum atomic E-state index is -0.0512. The van der Waals surface area contributed by atoms with E-state index < -0.39 is 0 Å². The van der Waals surface area contributed by atoms with Gasteiger partial charge in [0.25, 0.3) is 0 Å². The van der Waals surface area contributed by atoms with E-state index in [-0.39, 0.29) is 12.7 Å². The molecule has 0 fully saturated rings. The van der Waals surface area contributed by atoms with Crippen LogP contribution in [0, 0.1) is 0 Å². The third kappa shape index (κ3) is 4.19. The van der Waals surface area contributed by atoms with Gasteiger partial charge in [0, 0.05) is 29.9 Å². The largest absolute Gasteiger partial charge is 0.392 e. The van der Waals surface area contributed by atoms with E-state index in [9.17, 15) is 5.11 Å². The molecule has 1 N–H and O–H groups in total. The van der Waals surface area contributed by atoms with E-state index in [4.69, 9.17) is 16.3 Å². The lowest BCUT2D eigenvalue weighted by Gasteiger charge is -2.23. The van der Waals surface area contributed by atoms with E-state index in [1.807, 2.05) is 37.9 Å². The SMILES string of the molecule is CC(C)OCCN(C)c1cccc(Cl)c1CO. The molecule has 0 spiro atoms. The van der Waals surface area contributed by atoms with Gasteiger partial charge in [-0.05, 0) is 26.0 Å². The van der Waals surface area contributed by atoms with Gasteiger partial charge < -0.3 is 14.7 Å². The van der Waals surface area contributed by atoms with E-state index in [2.05, 4.69) is 0 Å². The molecule has 1 aromatic rings. The quantitative estimate of drug-likeness (QED) is 0.851. The summed E-state index contributed by atoms with van der Waals surface area (Å²) in [7, 11) is 1.97. The lowest BCUT2D eigenvalue weighted by molar-refractivity contribution is 0.0845. The van der Waals surface area contributed by atoms with Crippen molar-refractivity contribution < 1.29 is 9.84 Å². The predicted octanol–water partition coefficient (Wildman–Crippen LogP) is 2.69. The molecule has 4 heteroatoms. The van der Waals surface area contributed by atoms with Gasteiger partial charge in [-0.15, -0.1) is 0 Å². The van der Waals surface area contributed by atoms with Crippen LogP contribution < -0.4 is 4.90 Å². The molecule has 0 bridgehead atoms. The van der Waals surface area contributed by atoms with Gasteiger partial charge in [0.05, 0.1) is 19.3 Å². The van der Waals surface area contributed by atoms with Crippen molar-refractivity contribution in [2.45, 2.75) is 26.6 Å². The molecule has 0 heterocycles. The number of halogens is 1. The average Bonchev–Trinajstić information content (AvgIpc) is 2.28. The van der Waals surface area contributed by atoms with Crippen LogP contribution in [0.5, 0.6) is 0 Å². The maximum absolute atomic E-state index is 9.32. The van der Waals surface area contributed by atoms with Crippen molar-refractivity contribution in [3.05, 3.63) is 28.8 Å². The number of nitrogens with zero attached hydrogens (tertiary/aromatic N) is 1. The first-order chi connectivity index (χ1) is 8.06. The Kier molecular flexibility index (Phi) is 5.75. The molecule has 96 valence electrons. The first-order valence-corrected chi connectivity index (χ1v) is 6.15. The fraction of sp³-hybridized carbons (Fsp3) is 0.538. The third-order valence-corrected chi connectivity index (χ3v) is 2.90. The molecule has 0 aliphatic heterocycles. The molecule has 0 amide bonds. The third-order valence-electron chi connectivity index (χ3n) is 2.54. The lowest BCUT2D eigenvalue weighted by atomic mass is 10.1. The molecule has 1 rings (SSSR count). The van der Waals surface area contributed by atoms with Gasteiger partial charge in [0.2, 0.25) is 0 Å². The number of likely N-dealkylation sites (N-methyl/N-ethyl adjacent to an activating group) is 1. The number of hydrogen-bond donors (Lipinski definition) is 1. The van der Waals surface area contributed by atoms with Gasteiger partial charge >= 0.3 is 0 Å². The van der Waals surface area contributed by atoms with Crippen molar-refractivity contribution in [1.29, 1.82) is 0 Å². The molecule has 17 heavy (non-hydrogen) atoms. The lowest BCUT2D eigenvalue weighted by Crippen LogP contribution is -2.25. The maximum Gasteiger partial charge on any atom is 0.0716 e. The Bertz CT molecular complexity index is 355. The van der Waals surface area contributed by atoms with Crippen molar-refractivity contribution in [3.8, 4) is 0 Å². The highest BCUT2D eigenvalue weighted by Gasteiger charge is 2.09. The Labute approximate surface area is 108 Å². The normalized spacial score (nSPS) is 10.9. The zero-order valence-electron chi connectivity index (χ0n) is 10.6. The van der Waals surface area contributed by atoms with E-state index in [1.54, 1.807) is 6.07 Å². The van der Waals surface area contributed by atoms with Gasteiger partial charge in [0.1, 0.15) is 0 Å². The van der Waals surface area contributed by atoms with Crippen molar-refractivity contribution in [3.63, 3.8) is 0 Å². The molecule has 0 radical (unpaired) electrons. The second-order valence-corrected chi connectivity index (χ2v) is 4.64. The van der Waals surface area contributed by atoms with Gasteiger partial charge in [-0.3, -0.25) is 0 Å². The van der Waals surface area contributed by atoms with Crippen LogP contribution in [0.2, 0.25) is 5.02 Å². The number of anilines is 1. The second kappa shape index (κ2) is 6.84. The van der Waals surface area contributed by atoms with Crippen molar-refractivity contribution in [2.24, 2.45) is 0 Å². The summed E-state index contributed by atoms with van der Waals surface area (Å²) in [4.78, 5) is 2.04. The van der Waals surface area contributed by atoms with E-state index >= 15 is 0 Å². The van der Waals surface area contributed by atoms with E-state index in [0.717, 1.165) is 17.8 Å². The monoisotopic (exact) mass is 257 g/mol. The molecule has 0 atom stereocenters. The van der Waals surface area contributed by atoms with Gasteiger partial charge in [-0.25, -0.2) is 0 Å². The molecule has 0 saturated carbocycles. The van der Waals surface area contributed by atoms with Crippen LogP contribution in [0.3, 0.4) is 0 Å². The number of rotatable bonds is 6. The topological polar surface area (TPSA) is 32.7 Å². The number of aliphatic hydroxyl groups is 1. The molecule has 3 nitrogen and oxygen atoms in total. The first kappa shape index (κ1) is 14.3. The van der Waals surface area contributed by atoms with Crippen LogP contribution in [0.1, 0.15) is 19.4 Å². The minimum Gasteiger partial charge on any atom is -0.392 e. The minimum absolute atomic E-state index is 0.0512. The molecule has 0 unspecified atom stereocenters. The van der Waals surface area contributed by atoms with Crippen LogP contribution in [0.15, 0.2) is 18.2 Å². The number of ether oxygens (including phenoxy) is 1. The van der Waals surface area contributed by atoms with Gasteiger partial charge in [0.15, 0.2) is 0 Å². The predicted molar refractivity (Wildman–Crippen MR) is 71.7 cm³/mol. The molecule has 0 saturated heterocycles. The van der Waals surface area contributed by atoms with Crippen molar-refractivity contribution in [2.75, 3.05) is 25.1 Å². The summed E-state index contributed by atoms with van der Waals surface area (Å²) >= 11 is 6.04. The molecular weight excluding hydrogens is 238 g/mol. The fourth-order valence-electron chi connectivity index (χ4n) is 1.61. The Morgan fingerprint density at radius 1 is 1.41 bits per heavy atom. The molecule has 0 aromatic heterocycles. The highest BCUT2D eigenvalue weighted by Crippen LogP contribution is 2.26. The molecule has 1 aromatic carbocycles. The summed E-state index contributed by atoms with van der Waals surface area (Å²) < 4.78 is 5.50. The fourth-order valence-corrected chi connectivity index (χ4v) is 1.84. The van der Waals surface area contributed by atoms with E-state index in [1.165, 1.54) is 0 Å². The number of benzene rings is 1. The Hall–Kier alpha value is -0.770. The van der Waals surface area contributed by atoms with Crippen LogP contribution in [-0.2, 0) is 11.3 Å². The van der Waals surface area contributed by atoms with Crippen LogP contribution in [0.4, 0.5) is 5.69 Å². The highest BCUT2D eigenvalue weighted by atomic mass is 35.5. The molecule has 0 aliphatic rings. The summed E-state index contributed by atoms with van der Waals surface area (Å²) in [6.07, 6.45) is 0.236. The van der Waals surface area contributed by atoms with Crippen molar-refractivity contribution in [1.82, 2.24) is 0 Å². The van der Waals surface area contributed by atoms with E-state index in [0.29, 0.717) is 11.6 Å². The highest BCUT2D eigenvalue weighted by molar-refractivity contribution is 6.31. The van der Waals surface area contributed by atoms with Crippen LogP contribution in [0.25, 0.3) is 0 Å². The number of hydrogen-bond acceptors (Lipinski definition) is 3. The Morgan fingerprint density at radius 2 is 2.12 bits per heavy atom. The summed E-state index contributed by atoms with van der Waals surface area (Å²) in [5, 5.41) is 9.92. The maximum atomic E-state index is 9.32. The Balaban J connectivity index is 2.68. The van der Waals surface area contributed by atoms with Crippen LogP contribution in [-0.4, -0.2) is 31.4 Å². The summed E-state index contributed by atoms with van der Waals surface area (Å²) in [6, 6.07) is 5.62. The Morgan fingerprint density at radius 3 is 2.71 bits per heavy atom. The summed E-state index contributed by atoms with van der Waals surface area (Å²) in [5.74, 6) is 0. The molecule has 0 aliphatic carbocycles. The number of aliphatic hydroxyl groups excluding tert-OH is 1. The molecular formula is C13H20ClNO2. The first-order valence-electron chi connectivity index (χ1n) is 5.77. The van der Waals surface area contributed by atoms with Gasteiger partial charge in [-0.2, -0.15) is 0 Å². The summed E-state index contributed by atoms with van der Waals surface area (Å²) in [6.45, 7) is 5.40. The zero-order valence-corrected chi connectivity index (χ0v) is 11.4. The second-order valence-electron chi connectivity index (χ2n) is 4.24. The van der Waals surface area contributed by atoms with Crippen molar-refractivity contribution >= 4 is 17.3 Å². The standard InChI is InChI=1S/C13H20ClNO2/c1-10(2)17-8-7-15(3)13-6-4-5-12(14)11(13)9-16/h4-6,10,16H,7-9H2,1-3H3. The average molecular weight is 258 g/mol. The van der Waals surface area contributed by atoms with Gasteiger partial charge in [-0.1, -0.05) is 17.7 Å². The zero-order chi connectivity index (χ0) is 12.8. The van der Waals surface area contributed by atoms with Crippen LogP contribution >= 0.6 is 11.6 Å².